The summed E-state index contributed by atoms with van der Waals surface area (Å²) < 4.78 is 19.9. The fourth-order valence-corrected chi connectivity index (χ4v) is 2.33. The second kappa shape index (κ2) is 5.63. The van der Waals surface area contributed by atoms with Crippen LogP contribution < -0.4 is 10.2 Å². The van der Waals surface area contributed by atoms with Gasteiger partial charge in [0.05, 0.1) is 12.8 Å². The molecule has 20 heavy (non-hydrogen) atoms. The van der Waals surface area contributed by atoms with Crippen LogP contribution in [0.1, 0.15) is 24.2 Å². The highest BCUT2D eigenvalue weighted by Crippen LogP contribution is 2.34. The van der Waals surface area contributed by atoms with Crippen LogP contribution in [0.25, 0.3) is 0 Å². The van der Waals surface area contributed by atoms with Crippen LogP contribution in [0.4, 0.5) is 10.2 Å². The maximum atomic E-state index is 14.6. The largest absolute Gasteiger partial charge is 0.467 e. The van der Waals surface area contributed by atoms with Crippen molar-refractivity contribution in [1.82, 2.24) is 10.3 Å². The smallest absolute Gasteiger partial charge is 0.170 e. The first-order valence-corrected chi connectivity index (χ1v) is 6.86. The molecule has 0 aromatic carbocycles. The number of anilines is 1. The van der Waals surface area contributed by atoms with Crippen molar-refractivity contribution in [3.05, 3.63) is 47.8 Å². The lowest BCUT2D eigenvalue weighted by Gasteiger charge is -2.23. The summed E-state index contributed by atoms with van der Waals surface area (Å²) in [6.07, 6.45) is 5.47. The Labute approximate surface area is 117 Å². The van der Waals surface area contributed by atoms with Gasteiger partial charge < -0.3 is 14.6 Å². The van der Waals surface area contributed by atoms with E-state index in [4.69, 9.17) is 4.42 Å². The SMILES string of the molecule is CNCc1ccnc(N(Cc2ccco2)C2CC2)c1F. The van der Waals surface area contributed by atoms with Gasteiger partial charge in [-0.3, -0.25) is 0 Å². The van der Waals surface area contributed by atoms with Crippen LogP contribution in [-0.4, -0.2) is 18.1 Å². The maximum Gasteiger partial charge on any atom is 0.170 e. The number of aromatic nitrogens is 1. The van der Waals surface area contributed by atoms with E-state index >= 15 is 0 Å². The van der Waals surface area contributed by atoms with Gasteiger partial charge in [-0.05, 0) is 38.1 Å². The topological polar surface area (TPSA) is 41.3 Å². The average molecular weight is 275 g/mol. The molecule has 1 N–H and O–H groups in total. The predicted molar refractivity (Wildman–Crippen MR) is 74.9 cm³/mol. The van der Waals surface area contributed by atoms with Crippen LogP contribution in [0.5, 0.6) is 0 Å². The molecule has 0 bridgehead atoms. The Morgan fingerprint density at radius 3 is 2.95 bits per heavy atom. The molecule has 0 saturated heterocycles. The van der Waals surface area contributed by atoms with Gasteiger partial charge in [0.2, 0.25) is 0 Å². The number of rotatable bonds is 6. The summed E-state index contributed by atoms with van der Waals surface area (Å²) in [5.74, 6) is 1.02. The molecule has 1 aliphatic rings. The van der Waals surface area contributed by atoms with E-state index in [1.165, 1.54) is 0 Å². The van der Waals surface area contributed by atoms with Crippen molar-refractivity contribution in [2.75, 3.05) is 11.9 Å². The molecule has 0 atom stereocenters. The molecular formula is C15H18FN3O. The summed E-state index contributed by atoms with van der Waals surface area (Å²) in [5, 5.41) is 2.98. The zero-order chi connectivity index (χ0) is 13.9. The van der Waals surface area contributed by atoms with E-state index in [0.29, 0.717) is 30.5 Å². The molecule has 0 radical (unpaired) electrons. The number of hydrogen-bond acceptors (Lipinski definition) is 4. The first-order valence-electron chi connectivity index (χ1n) is 6.86. The Balaban J connectivity index is 1.89. The number of furan rings is 1. The minimum atomic E-state index is -0.236. The van der Waals surface area contributed by atoms with Crippen molar-refractivity contribution in [2.45, 2.75) is 32.0 Å². The van der Waals surface area contributed by atoms with Gasteiger partial charge in [-0.15, -0.1) is 0 Å². The Hall–Kier alpha value is -1.88. The number of nitrogens with one attached hydrogen (secondary N) is 1. The van der Waals surface area contributed by atoms with Gasteiger partial charge in [0, 0.05) is 24.3 Å². The third kappa shape index (κ3) is 2.67. The molecule has 0 spiro atoms. The molecule has 1 aliphatic carbocycles. The third-order valence-corrected chi connectivity index (χ3v) is 3.48. The van der Waals surface area contributed by atoms with E-state index < -0.39 is 0 Å². The Morgan fingerprint density at radius 1 is 1.45 bits per heavy atom. The monoisotopic (exact) mass is 275 g/mol. The maximum absolute atomic E-state index is 14.6. The summed E-state index contributed by atoms with van der Waals surface area (Å²) >= 11 is 0. The number of halogens is 1. The second-order valence-electron chi connectivity index (χ2n) is 5.08. The van der Waals surface area contributed by atoms with E-state index in [1.54, 1.807) is 25.6 Å². The lowest BCUT2D eigenvalue weighted by atomic mass is 10.2. The fourth-order valence-electron chi connectivity index (χ4n) is 2.33. The van der Waals surface area contributed by atoms with Crippen LogP contribution >= 0.6 is 0 Å². The summed E-state index contributed by atoms with van der Waals surface area (Å²) in [6, 6.07) is 5.84. The molecule has 0 amide bonds. The Bertz CT molecular complexity index is 567. The molecular weight excluding hydrogens is 257 g/mol. The van der Waals surface area contributed by atoms with Gasteiger partial charge in [-0.2, -0.15) is 0 Å². The molecule has 2 heterocycles. The first kappa shape index (κ1) is 13.1. The van der Waals surface area contributed by atoms with Crippen molar-refractivity contribution < 1.29 is 8.81 Å². The third-order valence-electron chi connectivity index (χ3n) is 3.48. The molecule has 3 rings (SSSR count). The molecule has 2 aromatic heterocycles. The molecule has 1 fully saturated rings. The zero-order valence-electron chi connectivity index (χ0n) is 11.5. The van der Waals surface area contributed by atoms with Gasteiger partial charge in [-0.1, -0.05) is 0 Å². The molecule has 0 unspecified atom stereocenters. The lowest BCUT2D eigenvalue weighted by molar-refractivity contribution is 0.496. The number of hydrogen-bond donors (Lipinski definition) is 1. The van der Waals surface area contributed by atoms with E-state index in [2.05, 4.69) is 10.3 Å². The summed E-state index contributed by atoms with van der Waals surface area (Å²) in [6.45, 7) is 1.06. The van der Waals surface area contributed by atoms with Crippen LogP contribution in [-0.2, 0) is 13.1 Å². The van der Waals surface area contributed by atoms with Crippen LogP contribution in [0, 0.1) is 5.82 Å². The minimum absolute atomic E-state index is 0.236. The highest BCUT2D eigenvalue weighted by atomic mass is 19.1. The van der Waals surface area contributed by atoms with Crippen molar-refractivity contribution in [3.8, 4) is 0 Å². The molecule has 0 aliphatic heterocycles. The van der Waals surface area contributed by atoms with Crippen LogP contribution in [0.15, 0.2) is 35.1 Å². The zero-order valence-corrected chi connectivity index (χ0v) is 11.5. The van der Waals surface area contributed by atoms with E-state index in [-0.39, 0.29) is 5.82 Å². The summed E-state index contributed by atoms with van der Waals surface area (Å²) in [4.78, 5) is 6.25. The van der Waals surface area contributed by atoms with Crippen molar-refractivity contribution in [2.24, 2.45) is 0 Å². The van der Waals surface area contributed by atoms with Crippen molar-refractivity contribution >= 4 is 5.82 Å². The van der Waals surface area contributed by atoms with Gasteiger partial charge >= 0.3 is 0 Å². The molecule has 5 heteroatoms. The Kier molecular flexibility index (Phi) is 3.69. The summed E-state index contributed by atoms with van der Waals surface area (Å²) in [5.41, 5.74) is 0.641. The van der Waals surface area contributed by atoms with Crippen LogP contribution in [0.2, 0.25) is 0 Å². The van der Waals surface area contributed by atoms with E-state index in [1.807, 2.05) is 17.0 Å². The van der Waals surface area contributed by atoms with Gasteiger partial charge in [-0.25, -0.2) is 9.37 Å². The highest BCUT2D eigenvalue weighted by Gasteiger charge is 2.32. The van der Waals surface area contributed by atoms with E-state index in [0.717, 1.165) is 18.6 Å². The predicted octanol–water partition coefficient (Wildman–Crippen LogP) is 2.70. The number of pyridine rings is 1. The highest BCUT2D eigenvalue weighted by molar-refractivity contribution is 5.45. The first-order chi connectivity index (χ1) is 9.79. The minimum Gasteiger partial charge on any atom is -0.467 e. The Morgan fingerprint density at radius 2 is 2.30 bits per heavy atom. The van der Waals surface area contributed by atoms with Crippen LogP contribution in [0.3, 0.4) is 0 Å². The molecule has 106 valence electrons. The average Bonchev–Trinajstić information content (AvgIpc) is 3.16. The molecule has 4 nitrogen and oxygen atoms in total. The normalized spacial score (nSPS) is 14.5. The van der Waals surface area contributed by atoms with Crippen molar-refractivity contribution in [1.29, 1.82) is 0 Å². The molecule has 1 saturated carbocycles. The van der Waals surface area contributed by atoms with Crippen molar-refractivity contribution in [3.63, 3.8) is 0 Å². The molecule has 2 aromatic rings. The fraction of sp³-hybridized carbons (Fsp3) is 0.400. The van der Waals surface area contributed by atoms with Gasteiger partial charge in [0.25, 0.3) is 0 Å². The standard InChI is InChI=1S/C15H18FN3O/c1-17-9-11-6-7-18-15(14(11)16)19(12-4-5-12)10-13-3-2-8-20-13/h2-3,6-8,12,17H,4-5,9-10H2,1H3. The van der Waals surface area contributed by atoms with Gasteiger partial charge in [0.1, 0.15) is 5.76 Å². The number of nitrogens with zero attached hydrogens (tertiary/aromatic N) is 2. The lowest BCUT2D eigenvalue weighted by Crippen LogP contribution is -2.27. The van der Waals surface area contributed by atoms with Gasteiger partial charge in [0.15, 0.2) is 11.6 Å². The van der Waals surface area contributed by atoms with E-state index in [9.17, 15) is 4.39 Å². The second-order valence-corrected chi connectivity index (χ2v) is 5.08. The summed E-state index contributed by atoms with van der Waals surface area (Å²) in [7, 11) is 1.81. The quantitative estimate of drug-likeness (QED) is 0.880.